The molecule has 0 aromatic heterocycles. The van der Waals surface area contributed by atoms with Gasteiger partial charge in [0.1, 0.15) is 5.76 Å². The van der Waals surface area contributed by atoms with Gasteiger partial charge in [-0.05, 0) is 79.4 Å². The molecule has 0 heterocycles. The first-order valence-corrected chi connectivity index (χ1v) is 10.5. The van der Waals surface area contributed by atoms with Gasteiger partial charge in [0.05, 0.1) is 6.33 Å². The highest BCUT2D eigenvalue weighted by molar-refractivity contribution is 5.42. The lowest BCUT2D eigenvalue weighted by atomic mass is 9.72. The van der Waals surface area contributed by atoms with E-state index in [2.05, 4.69) is 23.8 Å². The van der Waals surface area contributed by atoms with E-state index >= 15 is 0 Å². The molecule has 0 aromatic carbocycles. The van der Waals surface area contributed by atoms with E-state index in [1.807, 2.05) is 0 Å². The van der Waals surface area contributed by atoms with Gasteiger partial charge in [-0.1, -0.05) is 31.9 Å². The van der Waals surface area contributed by atoms with Crippen molar-refractivity contribution in [2.24, 2.45) is 23.7 Å². The Balaban J connectivity index is 1.54. The third-order valence-electron chi connectivity index (χ3n) is 6.65. The summed E-state index contributed by atoms with van der Waals surface area (Å²) in [6.07, 6.45) is 14.9. The zero-order valence-electron chi connectivity index (χ0n) is 16.5. The molecule has 0 aliphatic heterocycles. The van der Waals surface area contributed by atoms with Gasteiger partial charge in [-0.3, -0.25) is 0 Å². The second-order valence-electron chi connectivity index (χ2n) is 8.58. The van der Waals surface area contributed by atoms with Crippen molar-refractivity contribution in [1.29, 1.82) is 0 Å². The number of ether oxygens (including phenoxy) is 1. The summed E-state index contributed by atoms with van der Waals surface area (Å²) < 4.78 is 56.0. The van der Waals surface area contributed by atoms with Gasteiger partial charge in [0.15, 0.2) is 5.83 Å². The van der Waals surface area contributed by atoms with Crippen LogP contribution < -0.4 is 0 Å². The Labute approximate surface area is 165 Å². The van der Waals surface area contributed by atoms with E-state index in [0.717, 1.165) is 30.8 Å². The van der Waals surface area contributed by atoms with Crippen LogP contribution in [0.5, 0.6) is 0 Å². The Hall–Kier alpha value is -1.52. The molecule has 28 heavy (non-hydrogen) atoms. The second kappa shape index (κ2) is 9.80. The Kier molecular flexibility index (Phi) is 7.42. The molecule has 3 aliphatic rings. The van der Waals surface area contributed by atoms with E-state index in [4.69, 9.17) is 0 Å². The average molecular weight is 398 g/mol. The lowest BCUT2D eigenvalue weighted by Gasteiger charge is -2.34. The minimum absolute atomic E-state index is 0.228. The summed E-state index contributed by atoms with van der Waals surface area (Å²) in [5.74, 6) is 1.43. The molecule has 2 unspecified atom stereocenters. The summed E-state index contributed by atoms with van der Waals surface area (Å²) in [7, 11) is 0. The summed E-state index contributed by atoms with van der Waals surface area (Å²) >= 11 is 0. The number of halogens is 4. The molecule has 1 saturated carbocycles. The van der Waals surface area contributed by atoms with Gasteiger partial charge in [0, 0.05) is 6.42 Å². The molecule has 1 nitrogen and oxygen atoms in total. The van der Waals surface area contributed by atoms with Crippen LogP contribution in [0.15, 0.2) is 47.3 Å². The topological polar surface area (TPSA) is 9.23 Å². The number of hydrogen-bond donors (Lipinski definition) is 0. The van der Waals surface area contributed by atoms with Crippen LogP contribution >= 0.6 is 0 Å². The van der Waals surface area contributed by atoms with Crippen LogP contribution in [0.25, 0.3) is 0 Å². The lowest BCUT2D eigenvalue weighted by molar-refractivity contribution is -0.0996. The highest BCUT2D eigenvalue weighted by atomic mass is 19.3. The molecule has 0 radical (unpaired) electrons. The van der Waals surface area contributed by atoms with Gasteiger partial charge in [-0.2, -0.15) is 8.78 Å². The van der Waals surface area contributed by atoms with E-state index < -0.39 is 18.2 Å². The van der Waals surface area contributed by atoms with Crippen LogP contribution in [0, 0.1) is 23.7 Å². The van der Waals surface area contributed by atoms with Gasteiger partial charge in [-0.15, -0.1) is 0 Å². The fourth-order valence-corrected chi connectivity index (χ4v) is 4.83. The molecule has 3 aliphatic carbocycles. The summed E-state index contributed by atoms with van der Waals surface area (Å²) in [5, 5.41) is 0. The fourth-order valence-electron chi connectivity index (χ4n) is 4.83. The van der Waals surface area contributed by atoms with Crippen molar-refractivity contribution in [2.45, 2.75) is 71.3 Å². The maximum absolute atomic E-state index is 14.0. The first kappa shape index (κ1) is 21.2. The average Bonchev–Trinajstić information content (AvgIpc) is 2.69. The van der Waals surface area contributed by atoms with E-state index in [0.29, 0.717) is 30.2 Å². The van der Waals surface area contributed by atoms with Crippen LogP contribution in [-0.2, 0) is 4.74 Å². The molecule has 0 N–H and O–H groups in total. The molecular formula is C23H30F4O. The van der Waals surface area contributed by atoms with E-state index in [1.165, 1.54) is 32.1 Å². The molecule has 2 atom stereocenters. The molecule has 5 heteroatoms. The Morgan fingerprint density at radius 1 is 1.11 bits per heavy atom. The van der Waals surface area contributed by atoms with Crippen molar-refractivity contribution in [2.75, 3.05) is 0 Å². The van der Waals surface area contributed by atoms with Gasteiger partial charge in [-0.25, -0.2) is 8.78 Å². The highest BCUT2D eigenvalue weighted by Gasteiger charge is 2.28. The van der Waals surface area contributed by atoms with Gasteiger partial charge < -0.3 is 4.74 Å². The monoisotopic (exact) mass is 398 g/mol. The quantitative estimate of drug-likeness (QED) is 0.328. The van der Waals surface area contributed by atoms with Crippen molar-refractivity contribution < 1.29 is 22.3 Å². The smallest absolute Gasteiger partial charge is 0.387 e. The largest absolute Gasteiger partial charge is 0.436 e. The number of hydrogen-bond acceptors (Lipinski definition) is 1. The van der Waals surface area contributed by atoms with Crippen LogP contribution in [0.1, 0.15) is 64.7 Å². The fraction of sp³-hybridized carbons (Fsp3) is 0.652. The SMILES string of the molecule is CC1CCC(C2C=CC(CCC3=CC(F)=C(OC(F)F)C/C3=C/F)CC2)CC1. The molecular weight excluding hydrogens is 368 g/mol. The van der Waals surface area contributed by atoms with Crippen LogP contribution in [-0.4, -0.2) is 6.61 Å². The number of allylic oxidation sites excluding steroid dienone is 6. The van der Waals surface area contributed by atoms with Crippen LogP contribution in [0.2, 0.25) is 0 Å². The van der Waals surface area contributed by atoms with Crippen molar-refractivity contribution in [1.82, 2.24) is 0 Å². The molecule has 0 aromatic rings. The molecule has 3 rings (SSSR count). The van der Waals surface area contributed by atoms with E-state index in [9.17, 15) is 17.6 Å². The van der Waals surface area contributed by atoms with E-state index in [-0.39, 0.29) is 12.0 Å². The summed E-state index contributed by atoms with van der Waals surface area (Å²) in [4.78, 5) is 0. The first-order chi connectivity index (χ1) is 13.5. The number of rotatable bonds is 6. The normalized spacial score (nSPS) is 32.8. The third kappa shape index (κ3) is 5.51. The van der Waals surface area contributed by atoms with Gasteiger partial charge in [0.25, 0.3) is 0 Å². The summed E-state index contributed by atoms with van der Waals surface area (Å²) in [6, 6.07) is 0. The Morgan fingerprint density at radius 3 is 2.46 bits per heavy atom. The van der Waals surface area contributed by atoms with Crippen LogP contribution in [0.4, 0.5) is 17.6 Å². The summed E-state index contributed by atoms with van der Waals surface area (Å²) in [6.45, 7) is -0.770. The minimum atomic E-state index is -3.11. The zero-order chi connectivity index (χ0) is 20.1. The molecule has 1 fully saturated rings. The predicted octanol–water partition coefficient (Wildman–Crippen LogP) is 7.78. The van der Waals surface area contributed by atoms with Gasteiger partial charge >= 0.3 is 6.61 Å². The predicted molar refractivity (Wildman–Crippen MR) is 103 cm³/mol. The second-order valence-corrected chi connectivity index (χ2v) is 8.58. The molecule has 0 saturated heterocycles. The standard InChI is InChI=1S/C23H30F4O/c1-15-2-7-17(8-3-15)18-9-4-16(5-10-18)6-11-19-12-21(25)22(28-23(26)27)13-20(19)14-24/h4,9,12,14-18,23H,2-3,5-8,10-11,13H2,1H3/b20-14-. The van der Waals surface area contributed by atoms with Crippen molar-refractivity contribution in [3.8, 4) is 0 Å². The first-order valence-electron chi connectivity index (χ1n) is 10.5. The van der Waals surface area contributed by atoms with Crippen molar-refractivity contribution >= 4 is 0 Å². The summed E-state index contributed by atoms with van der Waals surface area (Å²) in [5.41, 5.74) is 0.768. The third-order valence-corrected chi connectivity index (χ3v) is 6.65. The molecule has 0 bridgehead atoms. The van der Waals surface area contributed by atoms with Crippen LogP contribution in [0.3, 0.4) is 0 Å². The number of alkyl halides is 2. The maximum Gasteiger partial charge on any atom is 0.387 e. The van der Waals surface area contributed by atoms with Gasteiger partial charge in [0.2, 0.25) is 0 Å². The maximum atomic E-state index is 14.0. The molecule has 0 spiro atoms. The van der Waals surface area contributed by atoms with Crippen molar-refractivity contribution in [3.63, 3.8) is 0 Å². The molecule has 0 amide bonds. The molecule has 156 valence electrons. The highest BCUT2D eigenvalue weighted by Crippen LogP contribution is 2.40. The van der Waals surface area contributed by atoms with E-state index in [1.54, 1.807) is 0 Å². The lowest BCUT2D eigenvalue weighted by Crippen LogP contribution is -2.22. The minimum Gasteiger partial charge on any atom is -0.436 e. The zero-order valence-corrected chi connectivity index (χ0v) is 16.5. The Morgan fingerprint density at radius 2 is 1.86 bits per heavy atom. The van der Waals surface area contributed by atoms with Crippen molar-refractivity contribution in [3.05, 3.63) is 47.3 Å². The Bertz CT molecular complexity index is 654.